The van der Waals surface area contributed by atoms with Gasteiger partial charge in [-0.25, -0.2) is 9.59 Å². The highest BCUT2D eigenvalue weighted by Gasteiger charge is 2.49. The van der Waals surface area contributed by atoms with Crippen molar-refractivity contribution >= 4 is 17.9 Å². The van der Waals surface area contributed by atoms with Gasteiger partial charge in [0.2, 0.25) is 0 Å². The molecule has 0 aromatic heterocycles. The molecule has 2 amide bonds. The van der Waals surface area contributed by atoms with Crippen molar-refractivity contribution < 1.29 is 63.3 Å². The van der Waals surface area contributed by atoms with Crippen molar-refractivity contribution in [2.45, 2.75) is 76.4 Å². The molecule has 7 nitrogen and oxygen atoms in total. The number of alkyl halides is 9. The Bertz CT molecular complexity index is 1400. The SMILES string of the molecule is COC(=O)N(Cc1cc(C(F)(F)F)cc(C(F)(F)F)c1)C1CC(C2CC2)N(C(=O)OC(C)C)c2cc(OC)c(C(F)(F)F)cc21. The van der Waals surface area contributed by atoms with E-state index in [0.717, 1.165) is 25.2 Å². The van der Waals surface area contributed by atoms with E-state index >= 15 is 0 Å². The van der Waals surface area contributed by atoms with Gasteiger partial charge in [0.1, 0.15) is 5.75 Å². The van der Waals surface area contributed by atoms with Gasteiger partial charge < -0.3 is 14.2 Å². The van der Waals surface area contributed by atoms with Crippen LogP contribution in [0.15, 0.2) is 30.3 Å². The highest BCUT2D eigenvalue weighted by Crippen LogP contribution is 2.52. The Hall–Kier alpha value is -3.85. The number of carbonyl (C=O) groups excluding carboxylic acids is 2. The summed E-state index contributed by atoms with van der Waals surface area (Å²) in [5.74, 6) is -0.838. The molecule has 1 heterocycles. The molecule has 1 fully saturated rings. The first kappa shape index (κ1) is 34.0. The molecule has 2 aromatic carbocycles. The van der Waals surface area contributed by atoms with Crippen molar-refractivity contribution in [1.82, 2.24) is 4.90 Å². The third kappa shape index (κ3) is 7.35. The van der Waals surface area contributed by atoms with Gasteiger partial charge in [-0.3, -0.25) is 9.80 Å². The fourth-order valence-corrected chi connectivity index (χ4v) is 5.49. The number of anilines is 1. The topological polar surface area (TPSA) is 68.3 Å². The lowest BCUT2D eigenvalue weighted by Gasteiger charge is -2.44. The molecule has 0 N–H and O–H groups in total. The number of ether oxygens (including phenoxy) is 3. The second-order valence-electron chi connectivity index (χ2n) is 11.1. The Kier molecular flexibility index (Phi) is 9.19. The maximum absolute atomic E-state index is 14.2. The molecule has 1 aliphatic heterocycles. The molecule has 2 unspecified atom stereocenters. The summed E-state index contributed by atoms with van der Waals surface area (Å²) < 4.78 is 139. The quantitative estimate of drug-likeness (QED) is 0.292. The molecule has 2 aromatic rings. The van der Waals surface area contributed by atoms with Crippen molar-refractivity contribution in [3.05, 3.63) is 58.1 Å². The lowest BCUT2D eigenvalue weighted by molar-refractivity contribution is -0.143. The molecular weight excluding hydrogens is 627 g/mol. The number of nitrogens with zero attached hydrogens (tertiary/aromatic N) is 2. The number of hydrogen-bond donors (Lipinski definition) is 0. The van der Waals surface area contributed by atoms with Crippen LogP contribution in [0.5, 0.6) is 5.75 Å². The van der Waals surface area contributed by atoms with Gasteiger partial charge >= 0.3 is 30.7 Å². The smallest absolute Gasteiger partial charge is 0.419 e. The second-order valence-corrected chi connectivity index (χ2v) is 11.1. The van der Waals surface area contributed by atoms with Crippen molar-refractivity contribution in [1.29, 1.82) is 0 Å². The minimum Gasteiger partial charge on any atom is -0.496 e. The largest absolute Gasteiger partial charge is 0.496 e. The minimum atomic E-state index is -5.18. The summed E-state index contributed by atoms with van der Waals surface area (Å²) in [4.78, 5) is 28.4. The summed E-state index contributed by atoms with van der Waals surface area (Å²) in [6.07, 6.45) is -17.1. The van der Waals surface area contributed by atoms with Crippen LogP contribution in [0.2, 0.25) is 0 Å². The number of methoxy groups -OCH3 is 2. The van der Waals surface area contributed by atoms with Crippen molar-refractivity contribution in [2.75, 3.05) is 19.1 Å². The molecule has 0 spiro atoms. The van der Waals surface area contributed by atoms with Crippen molar-refractivity contribution in [3.8, 4) is 5.75 Å². The van der Waals surface area contributed by atoms with Gasteiger partial charge in [0.15, 0.2) is 0 Å². The summed E-state index contributed by atoms with van der Waals surface area (Å²) >= 11 is 0. The molecule has 0 saturated heterocycles. The Morgan fingerprint density at radius 1 is 0.889 bits per heavy atom. The fourth-order valence-electron chi connectivity index (χ4n) is 5.49. The molecule has 1 saturated carbocycles. The van der Waals surface area contributed by atoms with Crippen LogP contribution in [-0.4, -0.2) is 43.5 Å². The Morgan fingerprint density at radius 2 is 1.47 bits per heavy atom. The lowest BCUT2D eigenvalue weighted by Crippen LogP contribution is -2.50. The molecule has 2 atom stereocenters. The van der Waals surface area contributed by atoms with Gasteiger partial charge in [0, 0.05) is 18.7 Å². The average Bonchev–Trinajstić information content (AvgIpc) is 3.77. The summed E-state index contributed by atoms with van der Waals surface area (Å²) in [5, 5.41) is 0. The van der Waals surface area contributed by atoms with E-state index in [4.69, 9.17) is 14.2 Å². The van der Waals surface area contributed by atoms with Crippen LogP contribution >= 0.6 is 0 Å². The normalized spacial score (nSPS) is 18.8. The summed E-state index contributed by atoms with van der Waals surface area (Å²) in [7, 11) is 1.89. The van der Waals surface area contributed by atoms with Crippen molar-refractivity contribution in [3.63, 3.8) is 0 Å². The standard InChI is InChI=1S/C29H29F9N2O5/c1-14(2)45-26(42)40-21(16-5-6-16)11-22(19-10-20(29(36,37)38)24(43-3)12-23(19)40)39(25(41)44-4)13-15-7-17(27(30,31)32)9-18(8-15)28(33,34)35/h7-10,12,14,16,21-22H,5-6,11,13H2,1-4H3. The number of amides is 2. The van der Waals surface area contributed by atoms with Gasteiger partial charge in [0.25, 0.3) is 0 Å². The zero-order chi connectivity index (χ0) is 33.6. The molecule has 0 bridgehead atoms. The van der Waals surface area contributed by atoms with E-state index in [-0.39, 0.29) is 29.7 Å². The van der Waals surface area contributed by atoms with E-state index in [1.54, 1.807) is 13.8 Å². The lowest BCUT2D eigenvalue weighted by atomic mass is 9.86. The zero-order valence-electron chi connectivity index (χ0n) is 24.4. The zero-order valence-corrected chi connectivity index (χ0v) is 24.4. The third-order valence-corrected chi connectivity index (χ3v) is 7.55. The first-order valence-corrected chi connectivity index (χ1v) is 13.7. The third-order valence-electron chi connectivity index (χ3n) is 7.55. The number of fused-ring (bicyclic) bond motifs is 1. The number of rotatable bonds is 6. The first-order valence-electron chi connectivity index (χ1n) is 13.7. The van der Waals surface area contributed by atoms with Crippen LogP contribution in [0.1, 0.15) is 67.0 Å². The Labute approximate surface area is 251 Å². The molecule has 248 valence electrons. The summed E-state index contributed by atoms with van der Waals surface area (Å²) in [6, 6.07) is 0.254. The van der Waals surface area contributed by atoms with E-state index in [1.807, 2.05) is 0 Å². The Morgan fingerprint density at radius 3 is 1.91 bits per heavy atom. The van der Waals surface area contributed by atoms with Crippen LogP contribution in [0.4, 0.5) is 54.8 Å². The van der Waals surface area contributed by atoms with Gasteiger partial charge in [0.05, 0.1) is 48.7 Å². The van der Waals surface area contributed by atoms with Gasteiger partial charge in [-0.15, -0.1) is 0 Å². The van der Waals surface area contributed by atoms with E-state index in [0.29, 0.717) is 31.0 Å². The van der Waals surface area contributed by atoms with Gasteiger partial charge in [-0.05, 0) is 74.4 Å². The highest BCUT2D eigenvalue weighted by molar-refractivity contribution is 5.91. The van der Waals surface area contributed by atoms with Crippen molar-refractivity contribution in [2.24, 2.45) is 5.92 Å². The number of halogens is 9. The number of hydrogen-bond acceptors (Lipinski definition) is 5. The molecular formula is C29H29F9N2O5. The maximum Gasteiger partial charge on any atom is 0.419 e. The Balaban J connectivity index is 1.94. The van der Waals surface area contributed by atoms with Crippen LogP contribution in [-0.2, 0) is 34.5 Å². The minimum absolute atomic E-state index is 0.0783. The predicted octanol–water partition coefficient (Wildman–Crippen LogP) is 8.60. The predicted molar refractivity (Wildman–Crippen MR) is 140 cm³/mol. The van der Waals surface area contributed by atoms with E-state index in [9.17, 15) is 49.1 Å². The molecule has 45 heavy (non-hydrogen) atoms. The van der Waals surface area contributed by atoms with E-state index in [2.05, 4.69) is 0 Å². The van der Waals surface area contributed by atoms with Crippen LogP contribution in [0.3, 0.4) is 0 Å². The maximum atomic E-state index is 14.2. The van der Waals surface area contributed by atoms with Gasteiger partial charge in [-0.2, -0.15) is 39.5 Å². The average molecular weight is 657 g/mol. The highest BCUT2D eigenvalue weighted by atomic mass is 19.4. The summed E-state index contributed by atoms with van der Waals surface area (Å²) in [6.45, 7) is 2.23. The van der Waals surface area contributed by atoms with Gasteiger partial charge in [-0.1, -0.05) is 0 Å². The molecule has 4 rings (SSSR count). The molecule has 2 aliphatic rings. The molecule has 0 radical (unpaired) electrons. The van der Waals surface area contributed by atoms with Crippen LogP contribution in [0, 0.1) is 5.92 Å². The second kappa shape index (κ2) is 12.2. The molecule has 1 aliphatic carbocycles. The van der Waals surface area contributed by atoms with E-state index in [1.165, 1.54) is 4.90 Å². The monoisotopic (exact) mass is 656 g/mol. The van der Waals surface area contributed by atoms with Crippen LogP contribution < -0.4 is 9.64 Å². The fraction of sp³-hybridized carbons (Fsp3) is 0.517. The summed E-state index contributed by atoms with van der Waals surface area (Å²) in [5.41, 5.74) is -5.52. The van der Waals surface area contributed by atoms with Crippen LogP contribution in [0.25, 0.3) is 0 Å². The van der Waals surface area contributed by atoms with E-state index < -0.39 is 83.5 Å². The number of benzene rings is 2. The number of carbonyl (C=O) groups is 2. The first-order chi connectivity index (χ1) is 20.8. The molecule has 16 heteroatoms.